The van der Waals surface area contributed by atoms with E-state index in [1.54, 1.807) is 0 Å². The summed E-state index contributed by atoms with van der Waals surface area (Å²) in [5.74, 6) is -2.99. The zero-order chi connectivity index (χ0) is 18.4. The zero-order valence-electron chi connectivity index (χ0n) is 14.8. The summed E-state index contributed by atoms with van der Waals surface area (Å²) < 4.78 is 26.3. The molecule has 0 N–H and O–H groups in total. The van der Waals surface area contributed by atoms with E-state index < -0.39 is 19.0 Å². The molecule has 1 saturated carbocycles. The first-order chi connectivity index (χ1) is 12.4. The van der Waals surface area contributed by atoms with Crippen molar-refractivity contribution in [2.75, 3.05) is 26.2 Å². The van der Waals surface area contributed by atoms with Crippen molar-refractivity contribution < 1.29 is 18.4 Å². The third-order valence-electron chi connectivity index (χ3n) is 6.30. The minimum Gasteiger partial charge on any atom is -0.342 e. The molecule has 0 radical (unpaired) electrons. The van der Waals surface area contributed by atoms with Crippen LogP contribution in [0.2, 0.25) is 0 Å². The molecule has 2 heterocycles. The van der Waals surface area contributed by atoms with Gasteiger partial charge in [0.05, 0.1) is 19.5 Å². The van der Waals surface area contributed by atoms with Gasteiger partial charge in [-0.25, -0.2) is 8.78 Å². The van der Waals surface area contributed by atoms with Crippen molar-refractivity contribution in [3.05, 3.63) is 35.9 Å². The van der Waals surface area contributed by atoms with Crippen molar-refractivity contribution in [1.82, 2.24) is 9.80 Å². The molecule has 2 aliphatic heterocycles. The van der Waals surface area contributed by atoms with E-state index >= 15 is 0 Å². The van der Waals surface area contributed by atoms with E-state index in [4.69, 9.17) is 0 Å². The molecule has 4 rings (SSSR count). The molecule has 2 saturated heterocycles. The van der Waals surface area contributed by atoms with Crippen LogP contribution >= 0.6 is 0 Å². The highest BCUT2D eigenvalue weighted by atomic mass is 19.3. The highest BCUT2D eigenvalue weighted by Gasteiger charge is 2.55. The van der Waals surface area contributed by atoms with Crippen molar-refractivity contribution in [2.45, 2.75) is 38.0 Å². The van der Waals surface area contributed by atoms with Crippen LogP contribution in [-0.4, -0.2) is 53.7 Å². The maximum atomic E-state index is 13.1. The van der Waals surface area contributed by atoms with Crippen LogP contribution in [0, 0.1) is 11.3 Å². The first kappa shape index (κ1) is 17.4. The second-order valence-corrected chi connectivity index (χ2v) is 8.09. The number of halogens is 2. The molecule has 0 bridgehead atoms. The lowest BCUT2D eigenvalue weighted by atomic mass is 9.76. The van der Waals surface area contributed by atoms with Gasteiger partial charge in [0, 0.05) is 24.4 Å². The lowest BCUT2D eigenvalue weighted by Crippen LogP contribution is -2.60. The van der Waals surface area contributed by atoms with Gasteiger partial charge >= 0.3 is 0 Å². The number of benzene rings is 1. The summed E-state index contributed by atoms with van der Waals surface area (Å²) >= 11 is 0. The van der Waals surface area contributed by atoms with Crippen LogP contribution in [0.3, 0.4) is 0 Å². The Kier molecular flexibility index (Phi) is 4.24. The van der Waals surface area contributed by atoms with Crippen molar-refractivity contribution in [1.29, 1.82) is 0 Å². The highest BCUT2D eigenvalue weighted by molar-refractivity contribution is 5.82. The number of amides is 2. The maximum Gasteiger partial charge on any atom is 0.282 e. The Morgan fingerprint density at radius 1 is 1.04 bits per heavy atom. The molecule has 2 amide bonds. The molecule has 0 unspecified atom stereocenters. The van der Waals surface area contributed by atoms with Gasteiger partial charge in [0.25, 0.3) is 5.92 Å². The first-order valence-electron chi connectivity index (χ1n) is 9.37. The number of likely N-dealkylation sites (tertiary alicyclic amines) is 2. The molecule has 1 aliphatic carbocycles. The number of alkyl halides is 2. The van der Waals surface area contributed by atoms with Crippen molar-refractivity contribution >= 4 is 11.8 Å². The number of hydrogen-bond acceptors (Lipinski definition) is 2. The number of carbonyl (C=O) groups is 2. The Balaban J connectivity index is 1.41. The van der Waals surface area contributed by atoms with E-state index in [0.717, 1.165) is 31.2 Å². The summed E-state index contributed by atoms with van der Waals surface area (Å²) in [4.78, 5) is 28.5. The number of hydrogen-bond donors (Lipinski definition) is 0. The van der Waals surface area contributed by atoms with Gasteiger partial charge in [0.2, 0.25) is 11.8 Å². The lowest BCUT2D eigenvalue weighted by molar-refractivity contribution is -0.172. The number of carbonyl (C=O) groups excluding carboxylic acids is 2. The summed E-state index contributed by atoms with van der Waals surface area (Å²) in [6.07, 6.45) is 3.76. The molecule has 6 heteroatoms. The summed E-state index contributed by atoms with van der Waals surface area (Å²) in [6, 6.07) is 9.64. The standard InChI is InChI=1S/C20H24F2N2O2/c21-20(22)13-24(14-20)18(26)16-7-4-8-19(16)9-10-23(12-19)17(25)11-15-5-2-1-3-6-15/h1-3,5-6,16H,4,7-14H2/t16-,19+/m0/s1. The molecule has 0 aromatic heterocycles. The summed E-state index contributed by atoms with van der Waals surface area (Å²) in [6.45, 7) is 0.342. The Labute approximate surface area is 152 Å². The molecule has 26 heavy (non-hydrogen) atoms. The Bertz CT molecular complexity index is 701. The molecule has 1 aromatic carbocycles. The van der Waals surface area contributed by atoms with Gasteiger partial charge < -0.3 is 9.80 Å². The van der Waals surface area contributed by atoms with Crippen LogP contribution in [-0.2, 0) is 16.0 Å². The van der Waals surface area contributed by atoms with Crippen LogP contribution in [0.4, 0.5) is 8.78 Å². The third kappa shape index (κ3) is 3.10. The summed E-state index contributed by atoms with van der Waals surface area (Å²) in [7, 11) is 0. The van der Waals surface area contributed by atoms with E-state index in [-0.39, 0.29) is 23.1 Å². The minimum absolute atomic E-state index is 0.0849. The van der Waals surface area contributed by atoms with Gasteiger partial charge in [-0.3, -0.25) is 9.59 Å². The highest BCUT2D eigenvalue weighted by Crippen LogP contribution is 2.51. The van der Waals surface area contributed by atoms with Crippen molar-refractivity contribution in [2.24, 2.45) is 11.3 Å². The number of rotatable bonds is 3. The molecule has 3 aliphatic rings. The van der Waals surface area contributed by atoms with Crippen molar-refractivity contribution in [3.8, 4) is 0 Å². The largest absolute Gasteiger partial charge is 0.342 e. The molecule has 3 fully saturated rings. The molecular formula is C20H24F2N2O2. The van der Waals surface area contributed by atoms with Crippen LogP contribution in [0.25, 0.3) is 0 Å². The fourth-order valence-electron chi connectivity index (χ4n) is 4.89. The minimum atomic E-state index is -2.73. The normalized spacial score (nSPS) is 29.8. The maximum absolute atomic E-state index is 13.1. The Hall–Kier alpha value is -1.98. The Morgan fingerprint density at radius 3 is 2.46 bits per heavy atom. The van der Waals surface area contributed by atoms with E-state index in [1.807, 2.05) is 35.2 Å². The zero-order valence-corrected chi connectivity index (χ0v) is 14.8. The average Bonchev–Trinajstić information content (AvgIpc) is 3.20. The van der Waals surface area contributed by atoms with E-state index in [0.29, 0.717) is 19.5 Å². The van der Waals surface area contributed by atoms with E-state index in [1.165, 1.54) is 4.90 Å². The fraction of sp³-hybridized carbons (Fsp3) is 0.600. The van der Waals surface area contributed by atoms with Gasteiger partial charge in [-0.2, -0.15) is 0 Å². The van der Waals surface area contributed by atoms with Crippen LogP contribution < -0.4 is 0 Å². The van der Waals surface area contributed by atoms with Gasteiger partial charge in [0.1, 0.15) is 0 Å². The van der Waals surface area contributed by atoms with Crippen LogP contribution in [0.15, 0.2) is 30.3 Å². The molecule has 4 nitrogen and oxygen atoms in total. The SMILES string of the molecule is O=C(Cc1ccccc1)N1CC[C@]2(CCC[C@H]2C(=O)N2CC(F)(F)C2)C1. The van der Waals surface area contributed by atoms with Gasteiger partial charge in [-0.1, -0.05) is 36.8 Å². The van der Waals surface area contributed by atoms with Crippen LogP contribution in [0.5, 0.6) is 0 Å². The monoisotopic (exact) mass is 362 g/mol. The lowest BCUT2D eigenvalue weighted by Gasteiger charge is -2.42. The smallest absolute Gasteiger partial charge is 0.282 e. The molecular weight excluding hydrogens is 338 g/mol. The predicted octanol–water partition coefficient (Wildman–Crippen LogP) is 2.73. The van der Waals surface area contributed by atoms with Crippen LogP contribution in [0.1, 0.15) is 31.2 Å². The summed E-state index contributed by atoms with van der Waals surface area (Å²) in [5, 5.41) is 0. The average molecular weight is 362 g/mol. The first-order valence-corrected chi connectivity index (χ1v) is 9.37. The molecule has 140 valence electrons. The second-order valence-electron chi connectivity index (χ2n) is 8.09. The fourth-order valence-corrected chi connectivity index (χ4v) is 4.89. The predicted molar refractivity (Wildman–Crippen MR) is 92.6 cm³/mol. The van der Waals surface area contributed by atoms with E-state index in [9.17, 15) is 18.4 Å². The van der Waals surface area contributed by atoms with Gasteiger partial charge in [-0.15, -0.1) is 0 Å². The topological polar surface area (TPSA) is 40.6 Å². The van der Waals surface area contributed by atoms with E-state index in [2.05, 4.69) is 0 Å². The molecule has 2 atom stereocenters. The van der Waals surface area contributed by atoms with Gasteiger partial charge in [-0.05, 0) is 24.8 Å². The second kappa shape index (κ2) is 6.32. The number of nitrogens with zero attached hydrogens (tertiary/aromatic N) is 2. The quantitative estimate of drug-likeness (QED) is 0.830. The van der Waals surface area contributed by atoms with Gasteiger partial charge in [0.15, 0.2) is 0 Å². The molecule has 1 spiro atoms. The molecule has 1 aromatic rings. The third-order valence-corrected chi connectivity index (χ3v) is 6.30. The van der Waals surface area contributed by atoms with Crippen molar-refractivity contribution in [3.63, 3.8) is 0 Å². The Morgan fingerprint density at radius 2 is 1.77 bits per heavy atom. The summed E-state index contributed by atoms with van der Waals surface area (Å²) in [5.41, 5.74) is 0.772.